The molecule has 0 bridgehead atoms. The van der Waals surface area contributed by atoms with Crippen LogP contribution in [0.15, 0.2) is 0 Å². The predicted octanol–water partition coefficient (Wildman–Crippen LogP) is 0.999. The van der Waals surface area contributed by atoms with Crippen LogP contribution in [0, 0.1) is 5.92 Å². The Balaban J connectivity index is 5.62. The van der Waals surface area contributed by atoms with E-state index in [-0.39, 0.29) is 6.42 Å². The van der Waals surface area contributed by atoms with Crippen molar-refractivity contribution in [2.24, 2.45) is 5.92 Å². The third-order valence-electron chi connectivity index (χ3n) is 3.02. The summed E-state index contributed by atoms with van der Waals surface area (Å²) in [6.45, 7) is 3.15. The molecule has 0 aromatic carbocycles. The molecule has 0 saturated carbocycles. The average Bonchev–Trinajstić information content (AvgIpc) is 2.19. The molecule has 0 heterocycles. The van der Waals surface area contributed by atoms with Gasteiger partial charge in [0.25, 0.3) is 10.1 Å². The summed E-state index contributed by atoms with van der Waals surface area (Å²) < 4.78 is 29.2. The van der Waals surface area contributed by atoms with E-state index in [1.807, 2.05) is 6.92 Å². The van der Waals surface area contributed by atoms with Gasteiger partial charge in [0.15, 0.2) is 0 Å². The fourth-order valence-electron chi connectivity index (χ4n) is 1.88. The zero-order chi connectivity index (χ0) is 14.6. The van der Waals surface area contributed by atoms with Crippen LogP contribution in [0.2, 0.25) is 0 Å². The molecule has 0 fully saturated rings. The summed E-state index contributed by atoms with van der Waals surface area (Å²) in [6, 6.07) is 0. The molecule has 8 heteroatoms. The third-order valence-corrected chi connectivity index (χ3v) is 4.66. The Morgan fingerprint density at radius 2 is 1.78 bits per heavy atom. The molecule has 0 aromatic heterocycles. The minimum Gasteiger partial charge on any atom is -0.481 e. The number of hydrogen-bond acceptors (Lipinski definition) is 4. The lowest BCUT2D eigenvalue weighted by atomic mass is 9.86. The van der Waals surface area contributed by atoms with Crippen LogP contribution in [-0.4, -0.2) is 39.9 Å². The largest absolute Gasteiger partial charge is 0.481 e. The second-order valence-corrected chi connectivity index (χ2v) is 5.96. The minimum atomic E-state index is -5.03. The highest BCUT2D eigenvalue weighted by Gasteiger charge is 2.56. The van der Waals surface area contributed by atoms with Crippen molar-refractivity contribution >= 4 is 22.1 Å². The van der Waals surface area contributed by atoms with Gasteiger partial charge in [-0.1, -0.05) is 26.7 Å². The van der Waals surface area contributed by atoms with Gasteiger partial charge in [-0.25, -0.2) is 0 Å². The Morgan fingerprint density at radius 3 is 2.06 bits per heavy atom. The Hall–Kier alpha value is -1.15. The van der Waals surface area contributed by atoms with E-state index >= 15 is 0 Å². The number of unbranched alkanes of at least 4 members (excludes halogenated alkanes) is 1. The zero-order valence-corrected chi connectivity index (χ0v) is 11.1. The quantitative estimate of drug-likeness (QED) is 0.566. The first kappa shape index (κ1) is 16.9. The summed E-state index contributed by atoms with van der Waals surface area (Å²) in [6.07, 6.45) is 0.297. The lowest BCUT2D eigenvalue weighted by molar-refractivity contribution is -0.148. The van der Waals surface area contributed by atoms with Gasteiger partial charge in [-0.2, -0.15) is 8.42 Å². The van der Waals surface area contributed by atoms with E-state index in [9.17, 15) is 18.0 Å². The molecule has 0 aromatic rings. The van der Waals surface area contributed by atoms with E-state index in [4.69, 9.17) is 14.8 Å². The predicted molar refractivity (Wildman–Crippen MR) is 62.9 cm³/mol. The van der Waals surface area contributed by atoms with Gasteiger partial charge < -0.3 is 10.2 Å². The van der Waals surface area contributed by atoms with Crippen molar-refractivity contribution in [1.29, 1.82) is 0 Å². The zero-order valence-electron chi connectivity index (χ0n) is 10.3. The molecule has 0 aliphatic heterocycles. The third kappa shape index (κ3) is 3.42. The van der Waals surface area contributed by atoms with Gasteiger partial charge in [0, 0.05) is 0 Å². The number of carboxylic acid groups (broad SMARTS) is 2. The highest BCUT2D eigenvalue weighted by atomic mass is 32.2. The molecule has 3 N–H and O–H groups in total. The summed E-state index contributed by atoms with van der Waals surface area (Å²) in [5.41, 5.74) is 0. The first-order valence-corrected chi connectivity index (χ1v) is 6.95. The maximum Gasteiger partial charge on any atom is 0.328 e. The molecule has 106 valence electrons. The van der Waals surface area contributed by atoms with E-state index in [0.717, 1.165) is 0 Å². The van der Waals surface area contributed by atoms with Crippen LogP contribution < -0.4 is 0 Å². The summed E-state index contributed by atoms with van der Waals surface area (Å²) in [5.74, 6) is -4.42. The van der Waals surface area contributed by atoms with Crippen LogP contribution >= 0.6 is 0 Å². The van der Waals surface area contributed by atoms with Gasteiger partial charge in [-0.15, -0.1) is 0 Å². The molecule has 0 rings (SSSR count). The maximum atomic E-state index is 11.3. The Labute approximate surface area is 106 Å². The molecule has 0 saturated heterocycles. The maximum absolute atomic E-state index is 11.3. The van der Waals surface area contributed by atoms with E-state index in [1.165, 1.54) is 6.92 Å². The number of aliphatic carboxylic acids is 2. The van der Waals surface area contributed by atoms with Gasteiger partial charge in [-0.3, -0.25) is 14.1 Å². The van der Waals surface area contributed by atoms with Crippen LogP contribution in [0.25, 0.3) is 0 Å². The van der Waals surface area contributed by atoms with Gasteiger partial charge in [0.05, 0.1) is 6.42 Å². The fraction of sp³-hybridized carbons (Fsp3) is 0.800. The standard InChI is InChI=1S/C10H18O7S/c1-3-4-5-7(2)10(9(13)14,6-8(11)12)18(15,16)17/h7H,3-6H2,1-2H3,(H,11,12)(H,13,14)(H,15,16,17). The van der Waals surface area contributed by atoms with Crippen molar-refractivity contribution in [1.82, 2.24) is 0 Å². The normalized spacial score (nSPS) is 16.8. The second-order valence-electron chi connectivity index (χ2n) is 4.28. The number of carbonyl (C=O) groups is 2. The smallest absolute Gasteiger partial charge is 0.328 e. The molecule has 0 spiro atoms. The molecule has 7 nitrogen and oxygen atoms in total. The highest BCUT2D eigenvalue weighted by Crippen LogP contribution is 2.34. The molecular weight excluding hydrogens is 264 g/mol. The Bertz CT molecular complexity index is 414. The molecule has 2 atom stereocenters. The molecule has 0 aliphatic carbocycles. The Morgan fingerprint density at radius 1 is 1.28 bits per heavy atom. The number of carboxylic acids is 2. The van der Waals surface area contributed by atoms with Crippen molar-refractivity contribution < 1.29 is 32.8 Å². The van der Waals surface area contributed by atoms with Crippen LogP contribution in [-0.2, 0) is 19.7 Å². The summed E-state index contributed by atoms with van der Waals surface area (Å²) in [7, 11) is -5.03. The van der Waals surface area contributed by atoms with Gasteiger partial charge in [0.2, 0.25) is 4.75 Å². The lowest BCUT2D eigenvalue weighted by Crippen LogP contribution is -2.53. The molecule has 0 radical (unpaired) electrons. The fourth-order valence-corrected chi connectivity index (χ4v) is 3.04. The van der Waals surface area contributed by atoms with E-state index in [0.29, 0.717) is 12.8 Å². The second kappa shape index (κ2) is 6.14. The highest BCUT2D eigenvalue weighted by molar-refractivity contribution is 7.88. The van der Waals surface area contributed by atoms with Crippen molar-refractivity contribution in [3.05, 3.63) is 0 Å². The Kier molecular flexibility index (Phi) is 5.75. The van der Waals surface area contributed by atoms with Gasteiger partial charge in [-0.05, 0) is 12.3 Å². The molecule has 0 aliphatic rings. The van der Waals surface area contributed by atoms with Crippen molar-refractivity contribution in [3.8, 4) is 0 Å². The molecule has 0 amide bonds. The van der Waals surface area contributed by atoms with Crippen LogP contribution in [0.1, 0.15) is 39.5 Å². The first-order chi connectivity index (χ1) is 8.09. The van der Waals surface area contributed by atoms with E-state index in [1.54, 1.807) is 0 Å². The van der Waals surface area contributed by atoms with Crippen molar-refractivity contribution in [2.75, 3.05) is 0 Å². The molecular formula is C10H18O7S. The molecule has 18 heavy (non-hydrogen) atoms. The van der Waals surface area contributed by atoms with Gasteiger partial charge >= 0.3 is 11.9 Å². The van der Waals surface area contributed by atoms with Crippen molar-refractivity contribution in [2.45, 2.75) is 44.3 Å². The summed E-state index contributed by atoms with van der Waals surface area (Å²) in [4.78, 5) is 21.9. The van der Waals surface area contributed by atoms with Crippen LogP contribution in [0.5, 0.6) is 0 Å². The molecule has 2 unspecified atom stereocenters. The number of rotatable bonds is 8. The van der Waals surface area contributed by atoms with Crippen molar-refractivity contribution in [3.63, 3.8) is 0 Å². The first-order valence-electron chi connectivity index (χ1n) is 5.51. The SMILES string of the molecule is CCCCC(C)C(CC(=O)O)(C(=O)O)S(=O)(=O)O. The summed E-state index contributed by atoms with van der Waals surface area (Å²) >= 11 is 0. The van der Waals surface area contributed by atoms with E-state index < -0.39 is 39.1 Å². The van der Waals surface area contributed by atoms with Gasteiger partial charge in [0.1, 0.15) is 0 Å². The lowest BCUT2D eigenvalue weighted by Gasteiger charge is -2.30. The topological polar surface area (TPSA) is 129 Å². The minimum absolute atomic E-state index is 0.204. The van der Waals surface area contributed by atoms with E-state index in [2.05, 4.69) is 0 Å². The number of hydrogen-bond donors (Lipinski definition) is 3. The average molecular weight is 282 g/mol. The van der Waals surface area contributed by atoms with Crippen LogP contribution in [0.3, 0.4) is 0 Å². The summed E-state index contributed by atoms with van der Waals surface area (Å²) in [5, 5.41) is 17.8. The monoisotopic (exact) mass is 282 g/mol. The van der Waals surface area contributed by atoms with Crippen LogP contribution in [0.4, 0.5) is 0 Å².